The van der Waals surface area contributed by atoms with Gasteiger partial charge in [-0.2, -0.15) is 0 Å². The number of hydrogen-bond acceptors (Lipinski definition) is 4. The van der Waals surface area contributed by atoms with Crippen LogP contribution in [-0.4, -0.2) is 10.9 Å². The van der Waals surface area contributed by atoms with Gasteiger partial charge in [-0.15, -0.1) is 11.3 Å². The van der Waals surface area contributed by atoms with Crippen LogP contribution in [0.15, 0.2) is 30.5 Å². The number of nitrogens with zero attached hydrogens (tertiary/aromatic N) is 1. The molecule has 2 aromatic rings. The van der Waals surface area contributed by atoms with E-state index in [1.165, 1.54) is 0 Å². The molecule has 0 spiro atoms. The maximum absolute atomic E-state index is 11.9. The number of hydrogen-bond donors (Lipinski definition) is 2. The summed E-state index contributed by atoms with van der Waals surface area (Å²) < 4.78 is 0. The summed E-state index contributed by atoms with van der Waals surface area (Å²) in [6, 6.07) is 7.33. The van der Waals surface area contributed by atoms with E-state index in [0.717, 1.165) is 15.4 Å². The summed E-state index contributed by atoms with van der Waals surface area (Å²) in [7, 11) is 0. The fourth-order valence-electron chi connectivity index (χ4n) is 1.58. The van der Waals surface area contributed by atoms with Crippen LogP contribution < -0.4 is 11.1 Å². The van der Waals surface area contributed by atoms with Gasteiger partial charge in [0.2, 0.25) is 0 Å². The van der Waals surface area contributed by atoms with Crippen molar-refractivity contribution in [2.75, 3.05) is 0 Å². The van der Waals surface area contributed by atoms with Crippen molar-refractivity contribution in [2.45, 2.75) is 20.0 Å². The van der Waals surface area contributed by atoms with Crippen LogP contribution >= 0.6 is 11.3 Å². The van der Waals surface area contributed by atoms with Crippen molar-refractivity contribution in [2.24, 2.45) is 5.73 Å². The molecule has 0 bridgehead atoms. The number of carbonyl (C=O) groups is 1. The Labute approximate surface area is 110 Å². The molecule has 0 saturated carbocycles. The Morgan fingerprint density at radius 2 is 2.33 bits per heavy atom. The van der Waals surface area contributed by atoms with E-state index in [2.05, 4.69) is 10.3 Å². The first-order chi connectivity index (χ1) is 8.69. The maximum atomic E-state index is 11.9. The van der Waals surface area contributed by atoms with Crippen LogP contribution in [0.1, 0.15) is 25.8 Å². The highest BCUT2D eigenvalue weighted by molar-refractivity contribution is 7.11. The molecule has 0 unspecified atom stereocenters. The van der Waals surface area contributed by atoms with Crippen molar-refractivity contribution in [1.82, 2.24) is 10.3 Å². The van der Waals surface area contributed by atoms with E-state index in [1.807, 2.05) is 25.1 Å². The fourth-order valence-corrected chi connectivity index (χ4v) is 2.31. The largest absolute Gasteiger partial charge is 0.346 e. The highest BCUT2D eigenvalue weighted by Gasteiger charge is 2.06. The molecule has 0 atom stereocenters. The fraction of sp³-hybridized carbons (Fsp3) is 0.231. The third-order valence-electron chi connectivity index (χ3n) is 2.49. The van der Waals surface area contributed by atoms with Crippen molar-refractivity contribution in [3.05, 3.63) is 51.5 Å². The molecule has 0 aliphatic rings. The van der Waals surface area contributed by atoms with Crippen LogP contribution in [0.2, 0.25) is 0 Å². The van der Waals surface area contributed by atoms with Crippen LogP contribution in [0.25, 0.3) is 0 Å². The van der Waals surface area contributed by atoms with E-state index in [1.54, 1.807) is 23.6 Å². The molecule has 1 aromatic carbocycles. The van der Waals surface area contributed by atoms with Crippen LogP contribution in [0.4, 0.5) is 0 Å². The number of carbonyl (C=O) groups excluding carboxylic acids is 1. The van der Waals surface area contributed by atoms with Crippen LogP contribution in [0, 0.1) is 6.92 Å². The number of benzene rings is 1. The van der Waals surface area contributed by atoms with Gasteiger partial charge in [0.1, 0.15) is 5.01 Å². The van der Waals surface area contributed by atoms with E-state index in [-0.39, 0.29) is 5.91 Å². The minimum atomic E-state index is -0.0989. The number of rotatable bonds is 4. The molecule has 4 nitrogen and oxygen atoms in total. The SMILES string of the molecule is Cc1cnc(CNC(=O)c2cccc(CN)c2)s1. The number of nitrogens with one attached hydrogen (secondary N) is 1. The van der Waals surface area contributed by atoms with Crippen molar-refractivity contribution in [1.29, 1.82) is 0 Å². The van der Waals surface area contributed by atoms with Gasteiger partial charge in [-0.05, 0) is 24.6 Å². The highest BCUT2D eigenvalue weighted by Crippen LogP contribution is 2.11. The average molecular weight is 261 g/mol. The standard InChI is InChI=1S/C13H15N3OS/c1-9-7-15-12(18-9)8-16-13(17)11-4-2-3-10(5-11)6-14/h2-5,7H,6,8,14H2,1H3,(H,16,17). The van der Waals surface area contributed by atoms with E-state index < -0.39 is 0 Å². The van der Waals surface area contributed by atoms with Crippen LogP contribution in [-0.2, 0) is 13.1 Å². The van der Waals surface area contributed by atoms with Crippen molar-refractivity contribution in [3.8, 4) is 0 Å². The highest BCUT2D eigenvalue weighted by atomic mass is 32.1. The lowest BCUT2D eigenvalue weighted by Crippen LogP contribution is -2.22. The number of aromatic nitrogens is 1. The van der Waals surface area contributed by atoms with Gasteiger partial charge < -0.3 is 11.1 Å². The van der Waals surface area contributed by atoms with Crippen molar-refractivity contribution < 1.29 is 4.79 Å². The Morgan fingerprint density at radius 1 is 1.50 bits per heavy atom. The molecule has 0 aliphatic heterocycles. The van der Waals surface area contributed by atoms with E-state index in [0.29, 0.717) is 18.7 Å². The molecule has 1 aromatic heterocycles. The Bertz CT molecular complexity index is 551. The third kappa shape index (κ3) is 3.15. The van der Waals surface area contributed by atoms with Gasteiger partial charge in [-0.25, -0.2) is 4.98 Å². The van der Waals surface area contributed by atoms with E-state index in [4.69, 9.17) is 5.73 Å². The molecular weight excluding hydrogens is 246 g/mol. The first-order valence-electron chi connectivity index (χ1n) is 5.67. The molecule has 94 valence electrons. The zero-order chi connectivity index (χ0) is 13.0. The van der Waals surface area contributed by atoms with Gasteiger partial charge in [-0.3, -0.25) is 4.79 Å². The van der Waals surface area contributed by atoms with Gasteiger partial charge in [0.05, 0.1) is 6.54 Å². The summed E-state index contributed by atoms with van der Waals surface area (Å²) in [6.07, 6.45) is 1.81. The zero-order valence-electron chi connectivity index (χ0n) is 10.1. The summed E-state index contributed by atoms with van der Waals surface area (Å²) in [6.45, 7) is 2.89. The van der Waals surface area contributed by atoms with Gasteiger partial charge in [0.15, 0.2) is 0 Å². The molecule has 5 heteroatoms. The zero-order valence-corrected chi connectivity index (χ0v) is 11.0. The van der Waals surface area contributed by atoms with Gasteiger partial charge in [0, 0.05) is 23.2 Å². The monoisotopic (exact) mass is 261 g/mol. The normalized spacial score (nSPS) is 10.3. The van der Waals surface area contributed by atoms with Crippen molar-refractivity contribution >= 4 is 17.2 Å². The quantitative estimate of drug-likeness (QED) is 0.882. The number of aryl methyl sites for hydroxylation is 1. The first-order valence-corrected chi connectivity index (χ1v) is 6.49. The lowest BCUT2D eigenvalue weighted by molar-refractivity contribution is 0.0951. The molecule has 0 saturated heterocycles. The van der Waals surface area contributed by atoms with Crippen molar-refractivity contribution in [3.63, 3.8) is 0 Å². The molecule has 2 rings (SSSR count). The molecule has 0 aliphatic carbocycles. The van der Waals surface area contributed by atoms with Gasteiger partial charge in [0.25, 0.3) is 5.91 Å². The molecule has 3 N–H and O–H groups in total. The maximum Gasteiger partial charge on any atom is 0.251 e. The Balaban J connectivity index is 1.99. The predicted molar refractivity (Wildman–Crippen MR) is 72.4 cm³/mol. The van der Waals surface area contributed by atoms with Crippen LogP contribution in [0.5, 0.6) is 0 Å². The summed E-state index contributed by atoms with van der Waals surface area (Å²) in [4.78, 5) is 17.3. The van der Waals surface area contributed by atoms with Gasteiger partial charge in [-0.1, -0.05) is 12.1 Å². The summed E-state index contributed by atoms with van der Waals surface area (Å²) in [5.41, 5.74) is 7.13. The second-order valence-corrected chi connectivity index (χ2v) is 5.27. The van der Waals surface area contributed by atoms with Crippen LogP contribution in [0.3, 0.4) is 0 Å². The number of amides is 1. The second kappa shape index (κ2) is 5.75. The molecular formula is C13H15N3OS. The molecule has 1 amide bonds. The minimum Gasteiger partial charge on any atom is -0.346 e. The summed E-state index contributed by atoms with van der Waals surface area (Å²) >= 11 is 1.59. The van der Waals surface area contributed by atoms with E-state index >= 15 is 0 Å². The number of thiazole rings is 1. The Hall–Kier alpha value is -1.72. The third-order valence-corrected chi connectivity index (χ3v) is 3.41. The summed E-state index contributed by atoms with van der Waals surface area (Å²) in [5.74, 6) is -0.0989. The molecule has 0 fully saturated rings. The molecule has 18 heavy (non-hydrogen) atoms. The molecule has 0 radical (unpaired) electrons. The second-order valence-electron chi connectivity index (χ2n) is 3.95. The smallest absolute Gasteiger partial charge is 0.251 e. The Morgan fingerprint density at radius 3 is 3.00 bits per heavy atom. The first kappa shape index (κ1) is 12.7. The van der Waals surface area contributed by atoms with E-state index in [9.17, 15) is 4.79 Å². The molecule has 1 heterocycles. The lowest BCUT2D eigenvalue weighted by atomic mass is 10.1. The topological polar surface area (TPSA) is 68.0 Å². The Kier molecular flexibility index (Phi) is 4.07. The number of nitrogens with two attached hydrogens (primary N) is 1. The minimum absolute atomic E-state index is 0.0989. The van der Waals surface area contributed by atoms with Gasteiger partial charge >= 0.3 is 0 Å². The average Bonchev–Trinajstić information content (AvgIpc) is 2.82. The summed E-state index contributed by atoms with van der Waals surface area (Å²) in [5, 5.41) is 3.76. The predicted octanol–water partition coefficient (Wildman–Crippen LogP) is 1.84. The lowest BCUT2D eigenvalue weighted by Gasteiger charge is -2.04.